The number of likely N-dealkylation sites (tertiary alicyclic amines) is 1. The minimum absolute atomic E-state index is 0.122. The van der Waals surface area contributed by atoms with Gasteiger partial charge in [-0.25, -0.2) is 14.6 Å². The van der Waals surface area contributed by atoms with E-state index >= 15 is 0 Å². The second-order valence-electron chi connectivity index (χ2n) is 12.0. The largest absolute Gasteiger partial charge is 0.483 e. The first kappa shape index (κ1) is 29.4. The lowest BCUT2D eigenvalue weighted by Gasteiger charge is -2.36. The quantitative estimate of drug-likeness (QED) is 0.320. The molecule has 0 bridgehead atoms. The van der Waals surface area contributed by atoms with Crippen molar-refractivity contribution in [1.29, 1.82) is 0 Å². The van der Waals surface area contributed by atoms with Gasteiger partial charge in [0.1, 0.15) is 29.0 Å². The Morgan fingerprint density at radius 1 is 1.27 bits per heavy atom. The zero-order valence-electron chi connectivity index (χ0n) is 24.0. The molecule has 2 aliphatic heterocycles. The van der Waals surface area contributed by atoms with Crippen molar-refractivity contribution in [2.24, 2.45) is 0 Å². The molecule has 2 N–H and O–H groups in total. The number of hydrogen-bond donors (Lipinski definition) is 2. The second-order valence-corrected chi connectivity index (χ2v) is 12.0. The normalized spacial score (nSPS) is 21.0. The van der Waals surface area contributed by atoms with Crippen molar-refractivity contribution in [3.63, 3.8) is 0 Å². The number of rotatable bonds is 9. The highest BCUT2D eigenvalue weighted by molar-refractivity contribution is 5.90. The fourth-order valence-electron chi connectivity index (χ4n) is 5.78. The van der Waals surface area contributed by atoms with Gasteiger partial charge in [-0.2, -0.15) is 0 Å². The van der Waals surface area contributed by atoms with E-state index in [0.717, 1.165) is 41.4 Å². The van der Waals surface area contributed by atoms with Gasteiger partial charge in [0.05, 0.1) is 17.8 Å². The van der Waals surface area contributed by atoms with Gasteiger partial charge in [-0.15, -0.1) is 6.58 Å². The molecule has 1 spiro atoms. The van der Waals surface area contributed by atoms with Crippen LogP contribution in [0.5, 0.6) is 5.75 Å². The van der Waals surface area contributed by atoms with E-state index in [-0.39, 0.29) is 13.0 Å². The Kier molecular flexibility index (Phi) is 8.71. The number of nitrogens with zero attached hydrogens (tertiary/aromatic N) is 2. The summed E-state index contributed by atoms with van der Waals surface area (Å²) in [6, 6.07) is 5.94. The van der Waals surface area contributed by atoms with Crippen molar-refractivity contribution in [2.45, 2.75) is 102 Å². The summed E-state index contributed by atoms with van der Waals surface area (Å²) in [6.07, 6.45) is 6.31. The molecule has 1 aromatic carbocycles. The minimum atomic E-state index is -1.09. The lowest BCUT2D eigenvalue weighted by atomic mass is 9.87. The van der Waals surface area contributed by atoms with E-state index in [4.69, 9.17) is 14.5 Å². The highest BCUT2D eigenvalue weighted by Gasteiger charge is 2.53. The number of alkyl carbamates (subject to hydrolysis) is 1. The number of allylic oxidation sites excluding steroid dienone is 1. The Hall–Kier alpha value is -3.62. The van der Waals surface area contributed by atoms with E-state index in [0.29, 0.717) is 31.4 Å². The molecule has 0 radical (unpaired) electrons. The number of fused-ring (bicyclic) bond motifs is 3. The number of carboxylic acids is 1. The Labute approximate surface area is 235 Å². The van der Waals surface area contributed by atoms with Crippen LogP contribution < -0.4 is 10.1 Å². The summed E-state index contributed by atoms with van der Waals surface area (Å²) in [4.78, 5) is 45.1. The average Bonchev–Trinajstić information content (AvgIpc) is 3.25. The van der Waals surface area contributed by atoms with E-state index in [1.165, 1.54) is 4.90 Å². The summed E-state index contributed by atoms with van der Waals surface area (Å²) in [5.74, 6) is -0.842. The van der Waals surface area contributed by atoms with Crippen LogP contribution in [0.3, 0.4) is 0 Å². The fraction of sp³-hybridized carbons (Fsp3) is 0.548. The number of carbonyl (C=O) groups excluding carboxylic acids is 2. The smallest absolute Gasteiger partial charge is 0.408 e. The second kappa shape index (κ2) is 11.9. The maximum Gasteiger partial charge on any atom is 0.408 e. The third-order valence-corrected chi connectivity index (χ3v) is 7.63. The maximum atomic E-state index is 13.9. The van der Waals surface area contributed by atoms with E-state index in [1.54, 1.807) is 20.8 Å². The van der Waals surface area contributed by atoms with E-state index in [2.05, 4.69) is 11.9 Å². The molecule has 9 heteroatoms. The summed E-state index contributed by atoms with van der Waals surface area (Å²) in [6.45, 7) is 11.0. The van der Waals surface area contributed by atoms with Gasteiger partial charge >= 0.3 is 12.1 Å². The van der Waals surface area contributed by atoms with Gasteiger partial charge in [-0.05, 0) is 65.9 Å². The number of carboxylic acid groups (broad SMARTS) is 1. The van der Waals surface area contributed by atoms with Gasteiger partial charge in [0, 0.05) is 17.4 Å². The molecule has 40 heavy (non-hydrogen) atoms. The molecular formula is C31H41N3O6. The molecule has 0 unspecified atom stereocenters. The SMILES string of the molecule is C=CCCCCC[C@H](NC(=O)OC(C)(C)C)C(=O)N1C[C@@]2(CCc3c(c(C)nc4ccccc34)O2)C[C@H]1C(=O)O. The number of aryl methyl sites for hydroxylation is 2. The summed E-state index contributed by atoms with van der Waals surface area (Å²) in [7, 11) is 0. The number of aliphatic carboxylic acids is 1. The highest BCUT2D eigenvalue weighted by atomic mass is 16.6. The number of para-hydroxylation sites is 1. The number of ether oxygens (including phenoxy) is 2. The fourth-order valence-corrected chi connectivity index (χ4v) is 5.78. The standard InChI is InChI=1S/C31H41N3O6/c1-6-7-8-9-10-15-24(33-29(38)40-30(3,4)5)27(35)34-19-31(18-25(34)28(36)37)17-16-22-21-13-11-12-14-23(21)32-20(2)26(22)39-31/h6,11-14,24-25H,1,7-10,15-19H2,2-5H3,(H,33,38)(H,36,37)/t24-,25-,31+/m0/s1. The van der Waals surface area contributed by atoms with Crippen molar-refractivity contribution >= 4 is 28.9 Å². The van der Waals surface area contributed by atoms with Crippen LogP contribution in [0.2, 0.25) is 0 Å². The van der Waals surface area contributed by atoms with Crippen molar-refractivity contribution in [3.05, 3.63) is 48.2 Å². The lowest BCUT2D eigenvalue weighted by Crippen LogP contribution is -2.53. The number of amides is 2. The van der Waals surface area contributed by atoms with Gasteiger partial charge in [-0.3, -0.25) is 4.79 Å². The van der Waals surface area contributed by atoms with Crippen LogP contribution in [0, 0.1) is 6.92 Å². The molecule has 1 aromatic heterocycles. The van der Waals surface area contributed by atoms with Gasteiger partial charge < -0.3 is 24.8 Å². The Morgan fingerprint density at radius 3 is 2.73 bits per heavy atom. The number of nitrogens with one attached hydrogen (secondary N) is 1. The van der Waals surface area contributed by atoms with Gasteiger partial charge in [-0.1, -0.05) is 37.1 Å². The molecule has 4 rings (SSSR count). The van der Waals surface area contributed by atoms with Gasteiger partial charge in [0.25, 0.3) is 0 Å². The van der Waals surface area contributed by atoms with Crippen LogP contribution >= 0.6 is 0 Å². The molecule has 2 amide bonds. The number of unbranched alkanes of at least 4 members (excludes halogenated alkanes) is 3. The molecule has 1 saturated heterocycles. The third kappa shape index (κ3) is 6.57. The van der Waals surface area contributed by atoms with Crippen LogP contribution in [0.25, 0.3) is 10.9 Å². The topological polar surface area (TPSA) is 118 Å². The molecule has 0 aliphatic carbocycles. The highest BCUT2D eigenvalue weighted by Crippen LogP contribution is 2.44. The molecule has 0 saturated carbocycles. The van der Waals surface area contributed by atoms with Crippen LogP contribution in [0.1, 0.15) is 77.0 Å². The number of carbonyl (C=O) groups is 3. The molecule has 3 atom stereocenters. The molecule has 1 fully saturated rings. The first-order valence-electron chi connectivity index (χ1n) is 14.1. The first-order valence-corrected chi connectivity index (χ1v) is 14.1. The summed E-state index contributed by atoms with van der Waals surface area (Å²) in [5.41, 5.74) is 1.13. The van der Waals surface area contributed by atoms with E-state index in [1.807, 2.05) is 37.3 Å². The minimum Gasteiger partial charge on any atom is -0.483 e. The lowest BCUT2D eigenvalue weighted by molar-refractivity contribution is -0.149. The number of aromatic nitrogens is 1. The third-order valence-electron chi connectivity index (χ3n) is 7.63. The first-order chi connectivity index (χ1) is 18.9. The van der Waals surface area contributed by atoms with E-state index in [9.17, 15) is 19.5 Å². The molecule has 216 valence electrons. The van der Waals surface area contributed by atoms with Crippen molar-refractivity contribution in [1.82, 2.24) is 15.2 Å². The van der Waals surface area contributed by atoms with Crippen molar-refractivity contribution in [3.8, 4) is 5.75 Å². The number of pyridine rings is 1. The Bertz CT molecular complexity index is 1290. The van der Waals surface area contributed by atoms with Crippen LogP contribution in [0.4, 0.5) is 4.79 Å². The van der Waals surface area contributed by atoms with Crippen molar-refractivity contribution in [2.75, 3.05) is 6.54 Å². The van der Waals surface area contributed by atoms with Gasteiger partial charge in [0.2, 0.25) is 5.91 Å². The number of benzene rings is 1. The number of hydrogen-bond acceptors (Lipinski definition) is 6. The van der Waals surface area contributed by atoms with Crippen LogP contribution in [0.15, 0.2) is 36.9 Å². The Balaban J connectivity index is 1.57. The van der Waals surface area contributed by atoms with Crippen LogP contribution in [-0.2, 0) is 20.7 Å². The maximum absolute atomic E-state index is 13.9. The van der Waals surface area contributed by atoms with Crippen molar-refractivity contribution < 1.29 is 29.0 Å². The molecule has 2 aliphatic rings. The zero-order chi connectivity index (χ0) is 29.1. The average molecular weight is 552 g/mol. The molecular weight excluding hydrogens is 510 g/mol. The summed E-state index contributed by atoms with van der Waals surface area (Å²) >= 11 is 0. The monoisotopic (exact) mass is 551 g/mol. The van der Waals surface area contributed by atoms with Gasteiger partial charge in [0.15, 0.2) is 0 Å². The van der Waals surface area contributed by atoms with Crippen LogP contribution in [-0.4, -0.2) is 62.8 Å². The molecule has 9 nitrogen and oxygen atoms in total. The molecule has 3 heterocycles. The zero-order valence-corrected chi connectivity index (χ0v) is 24.0. The molecule has 2 aromatic rings. The summed E-state index contributed by atoms with van der Waals surface area (Å²) in [5, 5.41) is 13.9. The predicted octanol–water partition coefficient (Wildman–Crippen LogP) is 5.32. The predicted molar refractivity (Wildman–Crippen MR) is 152 cm³/mol. The summed E-state index contributed by atoms with van der Waals surface area (Å²) < 4.78 is 12.0. The van der Waals surface area contributed by atoms with E-state index < -0.39 is 41.3 Å². The Morgan fingerprint density at radius 2 is 2.02 bits per heavy atom.